The van der Waals surface area contributed by atoms with E-state index < -0.39 is 0 Å². The van der Waals surface area contributed by atoms with Crippen LogP contribution in [0.25, 0.3) is 0 Å². The predicted octanol–water partition coefficient (Wildman–Crippen LogP) is 2.38. The predicted molar refractivity (Wildman–Crippen MR) is 63.9 cm³/mol. The minimum Gasteiger partial charge on any atom is -0.424 e. The lowest BCUT2D eigenvalue weighted by atomic mass is 10.2. The molecule has 0 spiro atoms. The highest BCUT2D eigenvalue weighted by atomic mass is 16.5. The van der Waals surface area contributed by atoms with E-state index in [0.29, 0.717) is 11.4 Å². The zero-order chi connectivity index (χ0) is 12.3. The molecule has 2 aromatic rings. The molecule has 1 aromatic heterocycles. The number of aliphatic hydroxyl groups is 1. The Morgan fingerprint density at radius 1 is 1.18 bits per heavy atom. The molecule has 1 aromatic carbocycles. The van der Waals surface area contributed by atoms with E-state index in [2.05, 4.69) is 9.97 Å². The van der Waals surface area contributed by atoms with Crippen LogP contribution >= 0.6 is 0 Å². The number of aryl methyl sites for hydroxylation is 2. The van der Waals surface area contributed by atoms with Gasteiger partial charge in [0.1, 0.15) is 5.75 Å². The molecule has 0 aliphatic rings. The van der Waals surface area contributed by atoms with Gasteiger partial charge in [-0.2, -0.15) is 4.98 Å². The molecule has 0 amide bonds. The van der Waals surface area contributed by atoms with Gasteiger partial charge in [-0.15, -0.1) is 0 Å². The van der Waals surface area contributed by atoms with Crippen molar-refractivity contribution in [3.8, 4) is 11.8 Å². The number of rotatable bonds is 3. The van der Waals surface area contributed by atoms with Crippen molar-refractivity contribution in [2.45, 2.75) is 20.5 Å². The summed E-state index contributed by atoms with van der Waals surface area (Å²) in [6.45, 7) is 3.71. The van der Waals surface area contributed by atoms with Crippen LogP contribution in [0.15, 0.2) is 30.3 Å². The molecule has 1 N–H and O–H groups in total. The smallest absolute Gasteiger partial charge is 0.322 e. The van der Waals surface area contributed by atoms with Gasteiger partial charge in [0.2, 0.25) is 0 Å². The van der Waals surface area contributed by atoms with Gasteiger partial charge in [0, 0.05) is 5.69 Å². The molecule has 0 radical (unpaired) electrons. The lowest BCUT2D eigenvalue weighted by molar-refractivity contribution is 0.274. The molecule has 17 heavy (non-hydrogen) atoms. The first-order valence-corrected chi connectivity index (χ1v) is 5.37. The van der Waals surface area contributed by atoms with E-state index in [1.54, 1.807) is 6.07 Å². The Bertz CT molecular complexity index is 527. The van der Waals surface area contributed by atoms with Gasteiger partial charge in [-0.3, -0.25) is 0 Å². The molecular weight excluding hydrogens is 216 g/mol. The highest BCUT2D eigenvalue weighted by Gasteiger charge is 2.04. The fourth-order valence-electron chi connectivity index (χ4n) is 1.52. The molecule has 0 saturated carbocycles. The molecule has 0 atom stereocenters. The third kappa shape index (κ3) is 3.01. The second kappa shape index (κ2) is 4.93. The topological polar surface area (TPSA) is 55.2 Å². The van der Waals surface area contributed by atoms with E-state index in [-0.39, 0.29) is 12.6 Å². The number of hydrogen-bond donors (Lipinski definition) is 1. The summed E-state index contributed by atoms with van der Waals surface area (Å²) in [4.78, 5) is 8.26. The summed E-state index contributed by atoms with van der Waals surface area (Å²) in [6.07, 6.45) is 0. The summed E-state index contributed by atoms with van der Waals surface area (Å²) in [5.41, 5.74) is 2.43. The molecule has 0 aliphatic carbocycles. The SMILES string of the molecule is Cc1cccc(Oc2nc(C)cc(CO)n2)c1. The molecule has 0 bridgehead atoms. The van der Waals surface area contributed by atoms with Crippen LogP contribution in [0, 0.1) is 13.8 Å². The van der Waals surface area contributed by atoms with Gasteiger partial charge >= 0.3 is 6.01 Å². The molecule has 4 heteroatoms. The van der Waals surface area contributed by atoms with Crippen LogP contribution in [0.5, 0.6) is 11.8 Å². The first-order valence-electron chi connectivity index (χ1n) is 5.37. The summed E-state index contributed by atoms with van der Waals surface area (Å²) >= 11 is 0. The Labute approximate surface area is 99.9 Å². The Kier molecular flexibility index (Phi) is 3.35. The second-order valence-corrected chi connectivity index (χ2v) is 3.86. The molecule has 1 heterocycles. The fourth-order valence-corrected chi connectivity index (χ4v) is 1.52. The van der Waals surface area contributed by atoms with Crippen LogP contribution in [0.2, 0.25) is 0 Å². The summed E-state index contributed by atoms with van der Waals surface area (Å²) in [5, 5.41) is 9.05. The van der Waals surface area contributed by atoms with Crippen molar-refractivity contribution < 1.29 is 9.84 Å². The average molecular weight is 230 g/mol. The van der Waals surface area contributed by atoms with Gasteiger partial charge in [0.25, 0.3) is 0 Å². The van der Waals surface area contributed by atoms with Gasteiger partial charge in [-0.1, -0.05) is 12.1 Å². The van der Waals surface area contributed by atoms with E-state index in [4.69, 9.17) is 9.84 Å². The zero-order valence-corrected chi connectivity index (χ0v) is 9.84. The molecular formula is C13H14N2O2. The maximum Gasteiger partial charge on any atom is 0.322 e. The quantitative estimate of drug-likeness (QED) is 0.879. The summed E-state index contributed by atoms with van der Waals surface area (Å²) in [6, 6.07) is 9.64. The van der Waals surface area contributed by atoms with Gasteiger partial charge in [-0.05, 0) is 37.6 Å². The van der Waals surface area contributed by atoms with Crippen molar-refractivity contribution >= 4 is 0 Å². The Morgan fingerprint density at radius 2 is 2.00 bits per heavy atom. The van der Waals surface area contributed by atoms with E-state index in [0.717, 1.165) is 11.3 Å². The maximum absolute atomic E-state index is 9.05. The third-order valence-electron chi connectivity index (χ3n) is 2.25. The Balaban J connectivity index is 2.26. The Hall–Kier alpha value is -1.94. The third-order valence-corrected chi connectivity index (χ3v) is 2.25. The van der Waals surface area contributed by atoms with E-state index in [1.807, 2.05) is 38.1 Å². The molecule has 0 fully saturated rings. The van der Waals surface area contributed by atoms with Crippen LogP contribution in [-0.4, -0.2) is 15.1 Å². The first-order chi connectivity index (χ1) is 8.17. The van der Waals surface area contributed by atoms with Crippen LogP contribution in [0.4, 0.5) is 0 Å². The summed E-state index contributed by atoms with van der Waals surface area (Å²) in [7, 11) is 0. The van der Waals surface area contributed by atoms with Crippen molar-refractivity contribution in [1.82, 2.24) is 9.97 Å². The van der Waals surface area contributed by atoms with E-state index in [9.17, 15) is 0 Å². The Morgan fingerprint density at radius 3 is 2.71 bits per heavy atom. The number of nitrogens with zero attached hydrogens (tertiary/aromatic N) is 2. The van der Waals surface area contributed by atoms with Gasteiger partial charge in [0.05, 0.1) is 12.3 Å². The summed E-state index contributed by atoms with van der Waals surface area (Å²) < 4.78 is 5.55. The zero-order valence-electron chi connectivity index (χ0n) is 9.84. The normalized spacial score (nSPS) is 10.3. The standard InChI is InChI=1S/C13H14N2O2/c1-9-4-3-5-12(6-9)17-13-14-10(2)7-11(8-16)15-13/h3-7,16H,8H2,1-2H3. The fraction of sp³-hybridized carbons (Fsp3) is 0.231. The van der Waals surface area contributed by atoms with Gasteiger partial charge in [0.15, 0.2) is 0 Å². The van der Waals surface area contributed by atoms with Crippen molar-refractivity contribution in [2.24, 2.45) is 0 Å². The molecule has 4 nitrogen and oxygen atoms in total. The van der Waals surface area contributed by atoms with Crippen molar-refractivity contribution in [3.05, 3.63) is 47.3 Å². The number of aliphatic hydroxyl groups excluding tert-OH is 1. The molecule has 0 unspecified atom stereocenters. The average Bonchev–Trinajstić information content (AvgIpc) is 2.28. The van der Waals surface area contributed by atoms with Crippen LogP contribution in [0.1, 0.15) is 17.0 Å². The largest absolute Gasteiger partial charge is 0.424 e. The highest BCUT2D eigenvalue weighted by molar-refractivity contribution is 5.29. The minimum absolute atomic E-state index is 0.118. The molecule has 0 aliphatic heterocycles. The molecule has 0 saturated heterocycles. The number of ether oxygens (including phenoxy) is 1. The van der Waals surface area contributed by atoms with Crippen molar-refractivity contribution in [1.29, 1.82) is 0 Å². The minimum atomic E-state index is -0.118. The lowest BCUT2D eigenvalue weighted by Crippen LogP contribution is -1.98. The van der Waals surface area contributed by atoms with Crippen molar-refractivity contribution in [2.75, 3.05) is 0 Å². The van der Waals surface area contributed by atoms with Gasteiger partial charge < -0.3 is 9.84 Å². The summed E-state index contributed by atoms with van der Waals surface area (Å²) in [5.74, 6) is 0.694. The van der Waals surface area contributed by atoms with Gasteiger partial charge in [-0.25, -0.2) is 4.98 Å². The van der Waals surface area contributed by atoms with E-state index in [1.165, 1.54) is 0 Å². The number of benzene rings is 1. The monoisotopic (exact) mass is 230 g/mol. The molecule has 88 valence electrons. The maximum atomic E-state index is 9.05. The van der Waals surface area contributed by atoms with E-state index >= 15 is 0 Å². The van der Waals surface area contributed by atoms with Crippen LogP contribution < -0.4 is 4.74 Å². The van der Waals surface area contributed by atoms with Crippen molar-refractivity contribution in [3.63, 3.8) is 0 Å². The lowest BCUT2D eigenvalue weighted by Gasteiger charge is -2.06. The number of hydrogen-bond acceptors (Lipinski definition) is 4. The molecule has 2 rings (SSSR count). The second-order valence-electron chi connectivity index (χ2n) is 3.86. The van der Waals surface area contributed by atoms with Crippen LogP contribution in [-0.2, 0) is 6.61 Å². The first kappa shape index (κ1) is 11.5. The van der Waals surface area contributed by atoms with Crippen LogP contribution in [0.3, 0.4) is 0 Å². The highest BCUT2D eigenvalue weighted by Crippen LogP contribution is 2.19. The number of aromatic nitrogens is 2.